The third-order valence-electron chi connectivity index (χ3n) is 2.13. The Morgan fingerprint density at radius 1 is 1.16 bits per heavy atom. The van der Waals surface area contributed by atoms with E-state index in [1.165, 1.54) is 24.3 Å². The zero-order valence-electron chi connectivity index (χ0n) is 10.0. The number of sulfone groups is 1. The number of sulfonamides is 1. The number of nitrogens with one attached hydrogen (secondary N) is 1. The first-order valence-electron chi connectivity index (χ1n) is 5.08. The number of hydrogen-bond acceptors (Lipinski definition) is 5. The Bertz CT molecular complexity index is 688. The molecule has 0 aliphatic carbocycles. The van der Waals surface area contributed by atoms with E-state index in [1.807, 2.05) is 0 Å². The van der Waals surface area contributed by atoms with Crippen LogP contribution in [0.2, 0.25) is 0 Å². The molecule has 1 N–H and O–H groups in total. The molecule has 0 bridgehead atoms. The third kappa shape index (κ3) is 4.52. The van der Waals surface area contributed by atoms with Gasteiger partial charge in [0.25, 0.3) is 0 Å². The summed E-state index contributed by atoms with van der Waals surface area (Å²) < 4.78 is 48.2. The van der Waals surface area contributed by atoms with Crippen LogP contribution in [-0.4, -0.2) is 36.2 Å². The van der Waals surface area contributed by atoms with E-state index in [4.69, 9.17) is 5.53 Å². The maximum atomic E-state index is 11.8. The minimum Gasteiger partial charge on any atom is -0.224 e. The quantitative estimate of drug-likeness (QED) is 0.358. The van der Waals surface area contributed by atoms with Crippen molar-refractivity contribution >= 4 is 19.9 Å². The average Bonchev–Trinajstić information content (AvgIpc) is 2.34. The van der Waals surface area contributed by atoms with Crippen molar-refractivity contribution in [1.82, 2.24) is 4.72 Å². The van der Waals surface area contributed by atoms with Gasteiger partial charge in [0.2, 0.25) is 10.0 Å². The van der Waals surface area contributed by atoms with Gasteiger partial charge in [0, 0.05) is 24.3 Å². The van der Waals surface area contributed by atoms with Gasteiger partial charge in [-0.25, -0.2) is 21.6 Å². The molecule has 0 aliphatic heterocycles. The normalized spacial score (nSPS) is 11.8. The zero-order valence-corrected chi connectivity index (χ0v) is 11.6. The van der Waals surface area contributed by atoms with Crippen LogP contribution in [0.3, 0.4) is 0 Å². The molecule has 104 valence electrons. The number of nitrogens with zero attached hydrogens (tertiary/aromatic N) is 3. The summed E-state index contributed by atoms with van der Waals surface area (Å²) in [4.78, 5) is 2.48. The molecule has 0 spiro atoms. The predicted octanol–water partition coefficient (Wildman–Crippen LogP) is 0.679. The Kier molecular flexibility index (Phi) is 4.90. The lowest BCUT2D eigenvalue weighted by molar-refractivity contribution is 0.581. The summed E-state index contributed by atoms with van der Waals surface area (Å²) in [5.74, 6) is 0. The molecule has 0 radical (unpaired) electrons. The van der Waals surface area contributed by atoms with Gasteiger partial charge in [0.05, 0.1) is 9.79 Å². The van der Waals surface area contributed by atoms with Crippen molar-refractivity contribution in [2.45, 2.75) is 9.79 Å². The summed E-state index contributed by atoms with van der Waals surface area (Å²) in [6, 6.07) is 4.84. The van der Waals surface area contributed by atoms with Crippen LogP contribution in [0.25, 0.3) is 10.4 Å². The highest BCUT2D eigenvalue weighted by molar-refractivity contribution is 7.90. The lowest BCUT2D eigenvalue weighted by Crippen LogP contribution is -2.26. The number of hydrogen-bond donors (Lipinski definition) is 1. The van der Waals surface area contributed by atoms with Gasteiger partial charge in [0.15, 0.2) is 9.84 Å². The van der Waals surface area contributed by atoms with E-state index in [9.17, 15) is 16.8 Å². The van der Waals surface area contributed by atoms with Crippen molar-refractivity contribution < 1.29 is 16.8 Å². The van der Waals surface area contributed by atoms with Crippen LogP contribution in [0, 0.1) is 0 Å². The molecule has 0 aromatic heterocycles. The smallest absolute Gasteiger partial charge is 0.224 e. The lowest BCUT2D eigenvalue weighted by atomic mass is 10.4. The largest absolute Gasteiger partial charge is 0.240 e. The van der Waals surface area contributed by atoms with E-state index in [0.29, 0.717) is 0 Å². The van der Waals surface area contributed by atoms with Crippen molar-refractivity contribution in [3.05, 3.63) is 34.7 Å². The Balaban J connectivity index is 2.88. The Morgan fingerprint density at radius 3 is 2.16 bits per heavy atom. The van der Waals surface area contributed by atoms with E-state index in [-0.39, 0.29) is 22.9 Å². The molecular weight excluding hydrogens is 292 g/mol. The van der Waals surface area contributed by atoms with Gasteiger partial charge in [0.1, 0.15) is 0 Å². The van der Waals surface area contributed by atoms with Gasteiger partial charge in [-0.3, -0.25) is 0 Å². The topological polar surface area (TPSA) is 129 Å². The molecule has 0 aliphatic rings. The van der Waals surface area contributed by atoms with E-state index < -0.39 is 19.9 Å². The minimum absolute atomic E-state index is 0.00282. The Morgan fingerprint density at radius 2 is 1.68 bits per heavy atom. The highest BCUT2D eigenvalue weighted by Gasteiger charge is 2.14. The summed E-state index contributed by atoms with van der Waals surface area (Å²) in [7, 11) is -7.09. The summed E-state index contributed by atoms with van der Waals surface area (Å²) in [5, 5.41) is 3.19. The fourth-order valence-electron chi connectivity index (χ4n) is 1.22. The van der Waals surface area contributed by atoms with Gasteiger partial charge < -0.3 is 0 Å². The molecule has 0 saturated carbocycles. The van der Waals surface area contributed by atoms with Crippen LogP contribution in [0.1, 0.15) is 0 Å². The van der Waals surface area contributed by atoms with Crippen LogP contribution >= 0.6 is 0 Å². The van der Waals surface area contributed by atoms with Crippen molar-refractivity contribution in [3.8, 4) is 0 Å². The molecule has 19 heavy (non-hydrogen) atoms. The maximum Gasteiger partial charge on any atom is 0.240 e. The fourth-order valence-corrected chi connectivity index (χ4v) is 2.88. The summed E-state index contributed by atoms with van der Waals surface area (Å²) in [6.07, 6.45) is 1.04. The molecule has 1 aromatic rings. The second-order valence-electron chi connectivity index (χ2n) is 3.60. The average molecular weight is 304 g/mol. The zero-order chi connectivity index (χ0) is 14.5. The highest BCUT2D eigenvalue weighted by Crippen LogP contribution is 2.13. The van der Waals surface area contributed by atoms with E-state index >= 15 is 0 Å². The second kappa shape index (κ2) is 6.02. The molecule has 0 fully saturated rings. The predicted molar refractivity (Wildman–Crippen MR) is 68.8 cm³/mol. The van der Waals surface area contributed by atoms with Gasteiger partial charge in [-0.05, 0) is 29.8 Å². The van der Waals surface area contributed by atoms with Crippen molar-refractivity contribution in [3.63, 3.8) is 0 Å². The third-order valence-corrected chi connectivity index (χ3v) is 4.73. The SMILES string of the molecule is CS(=O)(=O)c1ccc(S(=O)(=O)NCCN=[N+]=[N-])cc1. The summed E-state index contributed by atoms with van der Waals surface area (Å²) in [6.45, 7) is -0.0304. The first kappa shape index (κ1) is 15.4. The van der Waals surface area contributed by atoms with Crippen LogP contribution < -0.4 is 4.72 Å². The number of benzene rings is 1. The van der Waals surface area contributed by atoms with E-state index in [1.54, 1.807) is 0 Å². The molecule has 0 unspecified atom stereocenters. The van der Waals surface area contributed by atoms with Crippen LogP contribution in [0.15, 0.2) is 39.2 Å². The molecule has 1 aromatic carbocycles. The molecule has 0 saturated heterocycles. The Hall–Kier alpha value is -1.61. The van der Waals surface area contributed by atoms with Gasteiger partial charge in [-0.15, -0.1) is 0 Å². The standard InChI is InChI=1S/C9H12N4O4S2/c1-18(14,15)8-2-4-9(5-3-8)19(16,17)12-7-6-11-13-10/h2-5,12H,6-7H2,1H3. The highest BCUT2D eigenvalue weighted by atomic mass is 32.2. The maximum absolute atomic E-state index is 11.8. The van der Waals surface area contributed by atoms with Gasteiger partial charge in [-0.2, -0.15) is 0 Å². The van der Waals surface area contributed by atoms with Gasteiger partial charge >= 0.3 is 0 Å². The first-order valence-corrected chi connectivity index (χ1v) is 8.45. The van der Waals surface area contributed by atoms with E-state index in [2.05, 4.69) is 14.7 Å². The van der Waals surface area contributed by atoms with Gasteiger partial charge in [-0.1, -0.05) is 5.11 Å². The molecule has 8 nitrogen and oxygen atoms in total. The second-order valence-corrected chi connectivity index (χ2v) is 7.38. The monoisotopic (exact) mass is 304 g/mol. The Labute approximate surface area is 111 Å². The molecule has 0 atom stereocenters. The molecular formula is C9H12N4O4S2. The first-order chi connectivity index (χ1) is 8.77. The molecule has 10 heteroatoms. The molecule has 0 heterocycles. The van der Waals surface area contributed by atoms with Crippen molar-refractivity contribution in [2.75, 3.05) is 19.3 Å². The van der Waals surface area contributed by atoms with Crippen molar-refractivity contribution in [1.29, 1.82) is 0 Å². The van der Waals surface area contributed by atoms with Crippen LogP contribution in [0.5, 0.6) is 0 Å². The molecule has 0 amide bonds. The summed E-state index contributed by atoms with van der Waals surface area (Å²) >= 11 is 0. The summed E-state index contributed by atoms with van der Waals surface area (Å²) in [5.41, 5.74) is 8.04. The number of azide groups is 1. The van der Waals surface area contributed by atoms with Crippen molar-refractivity contribution in [2.24, 2.45) is 5.11 Å². The van der Waals surface area contributed by atoms with Crippen LogP contribution in [0.4, 0.5) is 0 Å². The molecule has 1 rings (SSSR count). The number of rotatable bonds is 6. The lowest BCUT2D eigenvalue weighted by Gasteiger charge is -2.06. The van der Waals surface area contributed by atoms with Crippen LogP contribution in [-0.2, 0) is 19.9 Å². The fraction of sp³-hybridized carbons (Fsp3) is 0.333. The van der Waals surface area contributed by atoms with E-state index in [0.717, 1.165) is 6.26 Å². The minimum atomic E-state index is -3.73.